The fraction of sp³-hybridized carbons (Fsp3) is 0.357. The van der Waals surface area contributed by atoms with E-state index in [-0.39, 0.29) is 0 Å². The van der Waals surface area contributed by atoms with Crippen LogP contribution in [0.5, 0.6) is 0 Å². The van der Waals surface area contributed by atoms with Crippen molar-refractivity contribution in [1.29, 1.82) is 0 Å². The van der Waals surface area contributed by atoms with E-state index in [1.807, 2.05) is 0 Å². The SMILES string of the molecule is Cc1ccc(Cn2c(C)nc(C)c2C)cc1. The van der Waals surface area contributed by atoms with Gasteiger partial charge in [0.15, 0.2) is 0 Å². The molecule has 0 saturated heterocycles. The Morgan fingerprint density at radius 2 is 1.62 bits per heavy atom. The van der Waals surface area contributed by atoms with E-state index in [0.29, 0.717) is 0 Å². The molecule has 0 spiro atoms. The Morgan fingerprint density at radius 1 is 1.00 bits per heavy atom. The number of aromatic nitrogens is 2. The molecule has 2 aromatic rings. The predicted molar refractivity (Wildman–Crippen MR) is 66.7 cm³/mol. The first-order chi connectivity index (χ1) is 7.58. The maximum Gasteiger partial charge on any atom is 0.106 e. The molecule has 0 radical (unpaired) electrons. The summed E-state index contributed by atoms with van der Waals surface area (Å²) in [5, 5.41) is 0. The summed E-state index contributed by atoms with van der Waals surface area (Å²) in [6.07, 6.45) is 0. The number of hydrogen-bond acceptors (Lipinski definition) is 1. The van der Waals surface area contributed by atoms with Crippen molar-refractivity contribution in [3.8, 4) is 0 Å². The van der Waals surface area contributed by atoms with E-state index in [1.54, 1.807) is 0 Å². The molecule has 0 saturated carbocycles. The van der Waals surface area contributed by atoms with Crippen LogP contribution in [0.3, 0.4) is 0 Å². The molecule has 0 aliphatic carbocycles. The van der Waals surface area contributed by atoms with Gasteiger partial charge in [-0.2, -0.15) is 0 Å². The van der Waals surface area contributed by atoms with Crippen molar-refractivity contribution in [1.82, 2.24) is 9.55 Å². The molecule has 0 fully saturated rings. The largest absolute Gasteiger partial charge is 0.328 e. The second kappa shape index (κ2) is 4.12. The monoisotopic (exact) mass is 214 g/mol. The van der Waals surface area contributed by atoms with Gasteiger partial charge in [0.05, 0.1) is 5.69 Å². The third-order valence-corrected chi connectivity index (χ3v) is 3.11. The fourth-order valence-corrected chi connectivity index (χ4v) is 1.93. The lowest BCUT2D eigenvalue weighted by Gasteiger charge is -2.08. The van der Waals surface area contributed by atoms with Gasteiger partial charge < -0.3 is 4.57 Å². The molecular formula is C14H18N2. The summed E-state index contributed by atoms with van der Waals surface area (Å²) in [7, 11) is 0. The molecule has 0 aliphatic heterocycles. The topological polar surface area (TPSA) is 17.8 Å². The highest BCUT2D eigenvalue weighted by Crippen LogP contribution is 2.13. The van der Waals surface area contributed by atoms with Crippen LogP contribution in [-0.2, 0) is 6.54 Å². The predicted octanol–water partition coefficient (Wildman–Crippen LogP) is 3.17. The molecule has 0 amide bonds. The number of benzene rings is 1. The zero-order chi connectivity index (χ0) is 11.7. The highest BCUT2D eigenvalue weighted by atomic mass is 15.1. The summed E-state index contributed by atoms with van der Waals surface area (Å²) < 4.78 is 2.26. The van der Waals surface area contributed by atoms with Gasteiger partial charge in [-0.25, -0.2) is 4.98 Å². The van der Waals surface area contributed by atoms with Gasteiger partial charge in [0.1, 0.15) is 5.82 Å². The Morgan fingerprint density at radius 3 is 2.12 bits per heavy atom. The summed E-state index contributed by atoms with van der Waals surface area (Å²) >= 11 is 0. The van der Waals surface area contributed by atoms with Crippen molar-refractivity contribution in [3.63, 3.8) is 0 Å². The van der Waals surface area contributed by atoms with Gasteiger partial charge in [-0.05, 0) is 33.3 Å². The maximum atomic E-state index is 4.49. The van der Waals surface area contributed by atoms with Crippen LogP contribution in [0.2, 0.25) is 0 Å². The number of imidazole rings is 1. The van der Waals surface area contributed by atoms with Gasteiger partial charge in [-0.15, -0.1) is 0 Å². The van der Waals surface area contributed by atoms with Crippen LogP contribution in [0.4, 0.5) is 0 Å². The summed E-state index contributed by atoms with van der Waals surface area (Å²) in [5.74, 6) is 1.09. The Hall–Kier alpha value is -1.57. The Labute approximate surface area is 97.0 Å². The second-order valence-electron chi connectivity index (χ2n) is 4.40. The van der Waals surface area contributed by atoms with Crippen LogP contribution in [0, 0.1) is 27.7 Å². The highest BCUT2D eigenvalue weighted by Gasteiger charge is 2.07. The Balaban J connectivity index is 2.30. The van der Waals surface area contributed by atoms with Crippen LogP contribution < -0.4 is 0 Å². The molecule has 0 aliphatic rings. The molecule has 0 unspecified atom stereocenters. The minimum Gasteiger partial charge on any atom is -0.328 e. The Bertz CT molecular complexity index is 492. The lowest BCUT2D eigenvalue weighted by atomic mass is 10.1. The number of hydrogen-bond donors (Lipinski definition) is 0. The van der Waals surface area contributed by atoms with E-state index in [0.717, 1.165) is 18.1 Å². The molecule has 1 heterocycles. The van der Waals surface area contributed by atoms with Crippen molar-refractivity contribution in [2.24, 2.45) is 0 Å². The van der Waals surface area contributed by atoms with Crippen LogP contribution in [0.1, 0.15) is 28.3 Å². The minimum absolute atomic E-state index is 0.915. The molecule has 0 N–H and O–H groups in total. The Kier molecular flexibility index (Phi) is 2.82. The van der Waals surface area contributed by atoms with Gasteiger partial charge in [-0.1, -0.05) is 29.8 Å². The van der Waals surface area contributed by atoms with Crippen LogP contribution in [-0.4, -0.2) is 9.55 Å². The summed E-state index contributed by atoms with van der Waals surface area (Å²) in [4.78, 5) is 4.49. The van der Waals surface area contributed by atoms with Gasteiger partial charge in [0.2, 0.25) is 0 Å². The quantitative estimate of drug-likeness (QED) is 0.751. The zero-order valence-electron chi connectivity index (χ0n) is 10.4. The van der Waals surface area contributed by atoms with Crippen LogP contribution in [0.15, 0.2) is 24.3 Å². The maximum absolute atomic E-state index is 4.49. The van der Waals surface area contributed by atoms with E-state index in [1.165, 1.54) is 16.8 Å². The van der Waals surface area contributed by atoms with E-state index in [4.69, 9.17) is 0 Å². The number of rotatable bonds is 2. The van der Waals surface area contributed by atoms with Gasteiger partial charge >= 0.3 is 0 Å². The van der Waals surface area contributed by atoms with Crippen molar-refractivity contribution in [2.75, 3.05) is 0 Å². The molecule has 2 nitrogen and oxygen atoms in total. The number of aryl methyl sites for hydroxylation is 3. The van der Waals surface area contributed by atoms with E-state index in [9.17, 15) is 0 Å². The van der Waals surface area contributed by atoms with E-state index in [2.05, 4.69) is 61.5 Å². The summed E-state index contributed by atoms with van der Waals surface area (Å²) in [5.41, 5.74) is 5.02. The van der Waals surface area contributed by atoms with Gasteiger partial charge in [0.25, 0.3) is 0 Å². The van der Waals surface area contributed by atoms with Gasteiger partial charge in [-0.3, -0.25) is 0 Å². The average Bonchev–Trinajstić information content (AvgIpc) is 2.48. The molecule has 0 bridgehead atoms. The fourth-order valence-electron chi connectivity index (χ4n) is 1.93. The molecular weight excluding hydrogens is 196 g/mol. The highest BCUT2D eigenvalue weighted by molar-refractivity contribution is 5.23. The summed E-state index contributed by atoms with van der Waals surface area (Å²) in [6.45, 7) is 9.28. The van der Waals surface area contributed by atoms with Crippen LogP contribution in [0.25, 0.3) is 0 Å². The molecule has 16 heavy (non-hydrogen) atoms. The molecule has 1 aromatic carbocycles. The van der Waals surface area contributed by atoms with Crippen molar-refractivity contribution >= 4 is 0 Å². The zero-order valence-corrected chi connectivity index (χ0v) is 10.4. The lowest BCUT2D eigenvalue weighted by Crippen LogP contribution is -2.04. The lowest BCUT2D eigenvalue weighted by molar-refractivity contribution is 0.737. The van der Waals surface area contributed by atoms with Crippen molar-refractivity contribution in [3.05, 3.63) is 52.6 Å². The normalized spacial score (nSPS) is 10.8. The van der Waals surface area contributed by atoms with Crippen molar-refractivity contribution in [2.45, 2.75) is 34.2 Å². The van der Waals surface area contributed by atoms with E-state index >= 15 is 0 Å². The summed E-state index contributed by atoms with van der Waals surface area (Å²) in [6, 6.07) is 8.68. The van der Waals surface area contributed by atoms with Gasteiger partial charge in [0, 0.05) is 12.2 Å². The molecule has 1 aromatic heterocycles. The molecule has 2 heteroatoms. The average molecular weight is 214 g/mol. The first-order valence-corrected chi connectivity index (χ1v) is 5.64. The van der Waals surface area contributed by atoms with Crippen LogP contribution >= 0.6 is 0 Å². The smallest absolute Gasteiger partial charge is 0.106 e. The van der Waals surface area contributed by atoms with Crippen molar-refractivity contribution < 1.29 is 0 Å². The molecule has 2 rings (SSSR count). The molecule has 84 valence electrons. The first-order valence-electron chi connectivity index (χ1n) is 5.64. The third-order valence-electron chi connectivity index (χ3n) is 3.11. The second-order valence-corrected chi connectivity index (χ2v) is 4.40. The third kappa shape index (κ3) is 2.01. The standard InChI is InChI=1S/C14H18N2/c1-10-5-7-14(8-6-10)9-16-12(3)11(2)15-13(16)4/h5-8H,9H2,1-4H3. The minimum atomic E-state index is 0.915. The molecule has 0 atom stereocenters. The van der Waals surface area contributed by atoms with E-state index < -0.39 is 0 Å². The number of nitrogens with zero attached hydrogens (tertiary/aromatic N) is 2. The first kappa shape index (κ1) is 10.9.